The van der Waals surface area contributed by atoms with Crippen LogP contribution in [-0.2, 0) is 10.0 Å². The monoisotopic (exact) mass is 330 g/mol. The highest BCUT2D eigenvalue weighted by Crippen LogP contribution is 2.29. The first-order chi connectivity index (χ1) is 9.79. The van der Waals surface area contributed by atoms with Crippen LogP contribution in [0.25, 0.3) is 0 Å². The molecule has 5 nitrogen and oxygen atoms in total. The van der Waals surface area contributed by atoms with Crippen molar-refractivity contribution < 1.29 is 13.2 Å². The highest BCUT2D eigenvalue weighted by atomic mass is 32.2. The zero-order valence-corrected chi connectivity index (χ0v) is 14.0. The Morgan fingerprint density at radius 2 is 2.10 bits per heavy atom. The average molecular weight is 330 g/mol. The maximum Gasteiger partial charge on any atom is 0.261 e. The number of sulfonamides is 1. The second-order valence-electron chi connectivity index (χ2n) is 5.81. The van der Waals surface area contributed by atoms with Crippen molar-refractivity contribution in [2.75, 3.05) is 6.54 Å². The van der Waals surface area contributed by atoms with Gasteiger partial charge in [-0.1, -0.05) is 26.2 Å². The predicted molar refractivity (Wildman–Crippen MR) is 83.9 cm³/mol. The van der Waals surface area contributed by atoms with E-state index < -0.39 is 10.0 Å². The molecular formula is C14H22N2O3S2. The fraction of sp³-hybridized carbons (Fsp3) is 0.643. The first-order valence-corrected chi connectivity index (χ1v) is 9.56. The molecule has 0 spiro atoms. The van der Waals surface area contributed by atoms with E-state index in [9.17, 15) is 13.2 Å². The number of carbonyl (C=O) groups excluding carboxylic acids is 1. The van der Waals surface area contributed by atoms with Crippen molar-refractivity contribution in [3.8, 4) is 0 Å². The summed E-state index contributed by atoms with van der Waals surface area (Å²) in [5.41, 5.74) is 0. The number of carbonyl (C=O) groups is 1. The van der Waals surface area contributed by atoms with Crippen molar-refractivity contribution in [3.63, 3.8) is 0 Å². The lowest BCUT2D eigenvalue weighted by atomic mass is 9.80. The Bertz CT molecular complexity index is 622. The second-order valence-corrected chi connectivity index (χ2v) is 8.59. The number of primary sulfonamides is 1. The lowest BCUT2D eigenvalue weighted by molar-refractivity contribution is 0.0940. The molecule has 0 aromatic carbocycles. The number of hydrogen-bond acceptors (Lipinski definition) is 4. The molecule has 7 heteroatoms. The molecule has 1 saturated carbocycles. The molecule has 1 aliphatic carbocycles. The van der Waals surface area contributed by atoms with Crippen LogP contribution in [0.1, 0.15) is 47.2 Å². The van der Waals surface area contributed by atoms with Crippen LogP contribution < -0.4 is 10.5 Å². The molecule has 2 rings (SSSR count). The molecule has 118 valence electrons. The first kappa shape index (κ1) is 16.5. The summed E-state index contributed by atoms with van der Waals surface area (Å²) in [5, 5.41) is 8.05. The molecule has 1 heterocycles. The van der Waals surface area contributed by atoms with Gasteiger partial charge in [0, 0.05) is 11.4 Å². The van der Waals surface area contributed by atoms with Gasteiger partial charge in [-0.2, -0.15) is 0 Å². The highest BCUT2D eigenvalue weighted by molar-refractivity contribution is 7.89. The standard InChI is InChI=1S/C14H22N2O3S2/c1-9-5-3-4-6-11(9)8-16-14(17)12-7-13(10(2)20-12)21(15,18)19/h7,9,11H,3-6,8H2,1-2H3,(H,16,17)(H2,15,18,19). The Hall–Kier alpha value is -0.920. The summed E-state index contributed by atoms with van der Waals surface area (Å²) in [6, 6.07) is 1.37. The maximum atomic E-state index is 12.2. The predicted octanol–water partition coefficient (Wildman–Crippen LogP) is 2.26. The smallest absolute Gasteiger partial charge is 0.261 e. The van der Waals surface area contributed by atoms with Crippen molar-refractivity contribution in [3.05, 3.63) is 15.8 Å². The molecule has 0 bridgehead atoms. The van der Waals surface area contributed by atoms with E-state index in [1.54, 1.807) is 6.92 Å². The van der Waals surface area contributed by atoms with Crippen molar-refractivity contribution in [2.24, 2.45) is 17.0 Å². The summed E-state index contributed by atoms with van der Waals surface area (Å²) in [6.07, 6.45) is 4.85. The van der Waals surface area contributed by atoms with Gasteiger partial charge in [0.1, 0.15) is 0 Å². The minimum Gasteiger partial charge on any atom is -0.351 e. The van der Waals surface area contributed by atoms with Crippen LogP contribution in [0.3, 0.4) is 0 Å². The average Bonchev–Trinajstić information content (AvgIpc) is 2.79. The van der Waals surface area contributed by atoms with Crippen LogP contribution in [0.15, 0.2) is 11.0 Å². The first-order valence-electron chi connectivity index (χ1n) is 7.20. The second kappa shape index (κ2) is 6.46. The van der Waals surface area contributed by atoms with Crippen molar-refractivity contribution in [1.82, 2.24) is 5.32 Å². The number of thiophene rings is 1. The molecule has 0 aliphatic heterocycles. The summed E-state index contributed by atoms with van der Waals surface area (Å²) in [5.74, 6) is 0.932. The molecule has 2 unspecified atom stereocenters. The number of nitrogens with two attached hydrogens (primary N) is 1. The topological polar surface area (TPSA) is 89.3 Å². The van der Waals surface area contributed by atoms with Crippen LogP contribution in [0.5, 0.6) is 0 Å². The zero-order valence-electron chi connectivity index (χ0n) is 12.4. The Morgan fingerprint density at radius 1 is 1.43 bits per heavy atom. The summed E-state index contributed by atoms with van der Waals surface area (Å²) in [6.45, 7) is 4.54. The lowest BCUT2D eigenvalue weighted by Crippen LogP contribution is -2.33. The SMILES string of the molecule is Cc1sc(C(=O)NCC2CCCCC2C)cc1S(N)(=O)=O. The van der Waals surface area contributed by atoms with Crippen molar-refractivity contribution >= 4 is 27.3 Å². The van der Waals surface area contributed by atoms with E-state index in [1.165, 1.54) is 36.7 Å². The van der Waals surface area contributed by atoms with Crippen LogP contribution in [0, 0.1) is 18.8 Å². The van der Waals surface area contributed by atoms with Crippen LogP contribution in [-0.4, -0.2) is 20.9 Å². The van der Waals surface area contributed by atoms with Crippen molar-refractivity contribution in [2.45, 2.75) is 44.4 Å². The van der Waals surface area contributed by atoms with Gasteiger partial charge >= 0.3 is 0 Å². The van der Waals surface area contributed by atoms with E-state index in [0.717, 1.165) is 6.42 Å². The van der Waals surface area contributed by atoms with E-state index in [-0.39, 0.29) is 10.8 Å². The van der Waals surface area contributed by atoms with Gasteiger partial charge in [0.15, 0.2) is 0 Å². The molecule has 0 saturated heterocycles. The molecule has 1 aliphatic rings. The molecule has 0 radical (unpaired) electrons. The number of rotatable bonds is 4. The van der Waals surface area contributed by atoms with Crippen molar-refractivity contribution in [1.29, 1.82) is 0 Å². The fourth-order valence-corrected chi connectivity index (χ4v) is 4.93. The largest absolute Gasteiger partial charge is 0.351 e. The van der Waals surface area contributed by atoms with Crippen LogP contribution in [0.2, 0.25) is 0 Å². The number of nitrogens with one attached hydrogen (secondary N) is 1. The minimum absolute atomic E-state index is 0.0451. The quantitative estimate of drug-likeness (QED) is 0.887. The summed E-state index contributed by atoms with van der Waals surface area (Å²) >= 11 is 1.17. The van der Waals surface area contributed by atoms with E-state index >= 15 is 0 Å². The van der Waals surface area contributed by atoms with Crippen LogP contribution >= 0.6 is 11.3 Å². The van der Waals surface area contributed by atoms with Gasteiger partial charge in [-0.3, -0.25) is 4.79 Å². The van der Waals surface area contributed by atoms with Gasteiger partial charge in [0.25, 0.3) is 5.91 Å². The number of amides is 1. The van der Waals surface area contributed by atoms with E-state index in [0.29, 0.717) is 28.1 Å². The van der Waals surface area contributed by atoms with Gasteiger partial charge in [-0.05, 0) is 31.2 Å². The Balaban J connectivity index is 2.01. The van der Waals surface area contributed by atoms with Gasteiger partial charge < -0.3 is 5.32 Å². The third-order valence-electron chi connectivity index (χ3n) is 4.22. The summed E-state index contributed by atoms with van der Waals surface area (Å²) < 4.78 is 22.8. The van der Waals surface area contributed by atoms with Crippen LogP contribution in [0.4, 0.5) is 0 Å². The fourth-order valence-electron chi connectivity index (χ4n) is 2.87. The van der Waals surface area contributed by atoms with E-state index in [1.807, 2.05) is 0 Å². The zero-order chi connectivity index (χ0) is 15.6. The van der Waals surface area contributed by atoms with E-state index in [4.69, 9.17) is 5.14 Å². The summed E-state index contributed by atoms with van der Waals surface area (Å²) in [4.78, 5) is 13.1. The molecular weight excluding hydrogens is 308 g/mol. The third kappa shape index (κ3) is 4.05. The number of aryl methyl sites for hydroxylation is 1. The molecule has 3 N–H and O–H groups in total. The molecule has 1 aromatic rings. The minimum atomic E-state index is -3.76. The highest BCUT2D eigenvalue weighted by Gasteiger charge is 2.23. The molecule has 2 atom stereocenters. The van der Waals surface area contributed by atoms with Gasteiger partial charge in [0.05, 0.1) is 9.77 Å². The molecule has 1 fully saturated rings. The van der Waals surface area contributed by atoms with Gasteiger partial charge in [0.2, 0.25) is 10.0 Å². The molecule has 1 amide bonds. The Morgan fingerprint density at radius 3 is 2.67 bits per heavy atom. The van der Waals surface area contributed by atoms with Gasteiger partial charge in [-0.25, -0.2) is 13.6 Å². The van der Waals surface area contributed by atoms with Gasteiger partial charge in [-0.15, -0.1) is 11.3 Å². The maximum absolute atomic E-state index is 12.2. The number of hydrogen-bond donors (Lipinski definition) is 2. The lowest BCUT2D eigenvalue weighted by Gasteiger charge is -2.28. The summed E-state index contributed by atoms with van der Waals surface area (Å²) in [7, 11) is -3.76. The Labute approximate surface area is 130 Å². The third-order valence-corrected chi connectivity index (χ3v) is 6.43. The Kier molecular flexibility index (Phi) is 5.06. The molecule has 21 heavy (non-hydrogen) atoms. The van der Waals surface area contributed by atoms with E-state index in [2.05, 4.69) is 12.2 Å². The normalized spacial score (nSPS) is 23.0. The molecule has 1 aromatic heterocycles.